The monoisotopic (exact) mass is 206 g/mol. The van der Waals surface area contributed by atoms with Crippen LogP contribution >= 0.6 is 11.6 Å². The zero-order valence-electron chi connectivity index (χ0n) is 7.22. The van der Waals surface area contributed by atoms with Gasteiger partial charge in [-0.3, -0.25) is 14.3 Å². The number of pyridine rings is 2. The summed E-state index contributed by atoms with van der Waals surface area (Å²) in [4.78, 5) is 15.4. The van der Waals surface area contributed by atoms with Crippen LogP contribution in [0.3, 0.4) is 0 Å². The molecule has 0 N–H and O–H groups in total. The molecule has 0 bridgehead atoms. The summed E-state index contributed by atoms with van der Waals surface area (Å²) in [7, 11) is 0. The van der Waals surface area contributed by atoms with Crippen molar-refractivity contribution in [3.05, 3.63) is 58.2 Å². The van der Waals surface area contributed by atoms with Crippen molar-refractivity contribution in [1.29, 1.82) is 0 Å². The predicted molar refractivity (Wildman–Crippen MR) is 54.8 cm³/mol. The highest BCUT2D eigenvalue weighted by Gasteiger charge is 1.98. The fourth-order valence-electron chi connectivity index (χ4n) is 1.16. The van der Waals surface area contributed by atoms with E-state index in [2.05, 4.69) is 4.98 Å². The zero-order valence-corrected chi connectivity index (χ0v) is 7.98. The lowest BCUT2D eigenvalue weighted by Gasteiger charge is -2.03. The first-order chi connectivity index (χ1) is 6.77. The van der Waals surface area contributed by atoms with E-state index in [1.54, 1.807) is 36.8 Å². The van der Waals surface area contributed by atoms with Gasteiger partial charge >= 0.3 is 0 Å². The fourth-order valence-corrected chi connectivity index (χ4v) is 1.32. The Balaban J connectivity index is 2.63. The average Bonchev–Trinajstić information content (AvgIpc) is 2.23. The van der Waals surface area contributed by atoms with E-state index in [0.29, 0.717) is 10.7 Å². The van der Waals surface area contributed by atoms with E-state index in [1.165, 1.54) is 10.6 Å². The van der Waals surface area contributed by atoms with Crippen LogP contribution in [0.5, 0.6) is 0 Å². The van der Waals surface area contributed by atoms with Crippen molar-refractivity contribution in [2.45, 2.75) is 0 Å². The van der Waals surface area contributed by atoms with Gasteiger partial charge in [-0.25, -0.2) is 0 Å². The molecule has 0 aliphatic carbocycles. The largest absolute Gasteiger partial charge is 0.281 e. The molecule has 0 spiro atoms. The molecule has 2 heterocycles. The number of nitrogens with zero attached hydrogens (tertiary/aromatic N) is 2. The van der Waals surface area contributed by atoms with Crippen molar-refractivity contribution in [2.24, 2.45) is 0 Å². The molecule has 0 saturated carbocycles. The summed E-state index contributed by atoms with van der Waals surface area (Å²) in [6.07, 6.45) is 4.83. The normalized spacial score (nSPS) is 10.1. The van der Waals surface area contributed by atoms with E-state index in [0.717, 1.165) is 0 Å². The van der Waals surface area contributed by atoms with Gasteiger partial charge in [0.2, 0.25) is 0 Å². The van der Waals surface area contributed by atoms with E-state index in [-0.39, 0.29) is 5.56 Å². The quantitative estimate of drug-likeness (QED) is 0.714. The molecule has 2 aromatic heterocycles. The van der Waals surface area contributed by atoms with Gasteiger partial charge in [-0.2, -0.15) is 0 Å². The van der Waals surface area contributed by atoms with Crippen LogP contribution in [0.1, 0.15) is 0 Å². The van der Waals surface area contributed by atoms with Crippen molar-refractivity contribution in [2.75, 3.05) is 0 Å². The number of aromatic nitrogens is 2. The molecule has 0 fully saturated rings. The molecular formula is C10H7ClN2O. The molecule has 0 aromatic carbocycles. The Hall–Kier alpha value is -1.61. The Morgan fingerprint density at radius 1 is 1.29 bits per heavy atom. The maximum Gasteiger partial charge on any atom is 0.255 e. The predicted octanol–water partition coefficient (Wildman–Crippen LogP) is 1.89. The Labute approximate surface area is 85.6 Å². The van der Waals surface area contributed by atoms with Crippen LogP contribution in [0.2, 0.25) is 5.02 Å². The molecule has 14 heavy (non-hydrogen) atoms. The van der Waals surface area contributed by atoms with Crippen molar-refractivity contribution in [3.63, 3.8) is 0 Å². The maximum absolute atomic E-state index is 11.4. The van der Waals surface area contributed by atoms with Crippen molar-refractivity contribution in [3.8, 4) is 5.69 Å². The molecule has 0 aliphatic heterocycles. The second-order valence-electron chi connectivity index (χ2n) is 2.77. The third kappa shape index (κ3) is 1.67. The first kappa shape index (κ1) is 8.97. The van der Waals surface area contributed by atoms with E-state index in [9.17, 15) is 4.79 Å². The number of rotatable bonds is 1. The van der Waals surface area contributed by atoms with Crippen LogP contribution in [0.4, 0.5) is 0 Å². The molecule has 0 saturated heterocycles. The topological polar surface area (TPSA) is 34.9 Å². The summed E-state index contributed by atoms with van der Waals surface area (Å²) in [5.41, 5.74) is 0.586. The summed E-state index contributed by atoms with van der Waals surface area (Å²) >= 11 is 5.79. The van der Waals surface area contributed by atoms with Gasteiger partial charge in [0.15, 0.2) is 0 Å². The highest BCUT2D eigenvalue weighted by Crippen LogP contribution is 2.07. The third-order valence-corrected chi connectivity index (χ3v) is 2.02. The zero-order chi connectivity index (χ0) is 9.97. The number of halogens is 1. The second-order valence-corrected chi connectivity index (χ2v) is 3.20. The lowest BCUT2D eigenvalue weighted by molar-refractivity contribution is 0.979. The standard InChI is InChI=1S/C10H7ClN2O/c11-8-3-4-10(14)13(7-8)9-2-1-5-12-6-9/h1-7H. The van der Waals surface area contributed by atoms with Gasteiger partial charge in [0, 0.05) is 18.5 Å². The minimum atomic E-state index is -0.123. The average molecular weight is 207 g/mol. The summed E-state index contributed by atoms with van der Waals surface area (Å²) in [5.74, 6) is 0. The van der Waals surface area contributed by atoms with Gasteiger partial charge in [0.05, 0.1) is 16.9 Å². The molecule has 70 valence electrons. The summed E-state index contributed by atoms with van der Waals surface area (Å²) < 4.78 is 1.45. The first-order valence-electron chi connectivity index (χ1n) is 4.06. The molecule has 0 atom stereocenters. The Kier molecular flexibility index (Phi) is 2.33. The van der Waals surface area contributed by atoms with Crippen LogP contribution in [0, 0.1) is 0 Å². The highest BCUT2D eigenvalue weighted by molar-refractivity contribution is 6.30. The van der Waals surface area contributed by atoms with Crippen molar-refractivity contribution in [1.82, 2.24) is 9.55 Å². The molecule has 3 nitrogen and oxygen atoms in total. The van der Waals surface area contributed by atoms with Crippen LogP contribution in [0.25, 0.3) is 5.69 Å². The van der Waals surface area contributed by atoms with E-state index in [4.69, 9.17) is 11.6 Å². The summed E-state index contributed by atoms with van der Waals surface area (Å²) in [6.45, 7) is 0. The molecular weight excluding hydrogens is 200 g/mol. The summed E-state index contributed by atoms with van der Waals surface area (Å²) in [6, 6.07) is 6.56. The van der Waals surface area contributed by atoms with E-state index >= 15 is 0 Å². The van der Waals surface area contributed by atoms with Gasteiger partial charge in [0.25, 0.3) is 5.56 Å². The SMILES string of the molecule is O=c1ccc(Cl)cn1-c1cccnc1. The van der Waals surface area contributed by atoms with Gasteiger partial charge in [-0.15, -0.1) is 0 Å². The molecule has 2 rings (SSSR count). The van der Waals surface area contributed by atoms with Crippen LogP contribution in [-0.4, -0.2) is 9.55 Å². The van der Waals surface area contributed by atoms with Gasteiger partial charge in [-0.05, 0) is 18.2 Å². The van der Waals surface area contributed by atoms with Gasteiger partial charge in [-0.1, -0.05) is 11.6 Å². The molecule has 4 heteroatoms. The number of hydrogen-bond donors (Lipinski definition) is 0. The molecule has 0 aliphatic rings. The number of hydrogen-bond acceptors (Lipinski definition) is 2. The third-order valence-electron chi connectivity index (χ3n) is 1.80. The molecule has 2 aromatic rings. The molecule has 0 amide bonds. The fraction of sp³-hybridized carbons (Fsp3) is 0. The van der Waals surface area contributed by atoms with Crippen LogP contribution in [-0.2, 0) is 0 Å². The minimum absolute atomic E-state index is 0.123. The Morgan fingerprint density at radius 3 is 2.86 bits per heavy atom. The lowest BCUT2D eigenvalue weighted by Crippen LogP contribution is -2.15. The van der Waals surface area contributed by atoms with E-state index in [1.807, 2.05) is 0 Å². The lowest BCUT2D eigenvalue weighted by atomic mass is 10.4. The Morgan fingerprint density at radius 2 is 2.14 bits per heavy atom. The first-order valence-corrected chi connectivity index (χ1v) is 4.44. The highest BCUT2D eigenvalue weighted by atomic mass is 35.5. The minimum Gasteiger partial charge on any atom is -0.281 e. The Bertz CT molecular complexity index is 493. The van der Waals surface area contributed by atoms with Crippen molar-refractivity contribution >= 4 is 11.6 Å². The molecule has 0 radical (unpaired) electrons. The van der Waals surface area contributed by atoms with Crippen LogP contribution < -0.4 is 5.56 Å². The van der Waals surface area contributed by atoms with Gasteiger partial charge in [0.1, 0.15) is 0 Å². The molecule has 0 unspecified atom stereocenters. The second kappa shape index (κ2) is 3.64. The van der Waals surface area contributed by atoms with Crippen LogP contribution in [0.15, 0.2) is 47.7 Å². The van der Waals surface area contributed by atoms with Crippen molar-refractivity contribution < 1.29 is 0 Å². The smallest absolute Gasteiger partial charge is 0.255 e. The van der Waals surface area contributed by atoms with E-state index < -0.39 is 0 Å². The maximum atomic E-state index is 11.4. The van der Waals surface area contributed by atoms with Gasteiger partial charge < -0.3 is 0 Å². The summed E-state index contributed by atoms with van der Waals surface area (Å²) in [5, 5.41) is 0.522.